The van der Waals surface area contributed by atoms with Gasteiger partial charge in [-0.2, -0.15) is 0 Å². The van der Waals surface area contributed by atoms with Crippen LogP contribution < -0.4 is 10.9 Å². The molecule has 0 aliphatic heterocycles. The van der Waals surface area contributed by atoms with Crippen molar-refractivity contribution in [2.75, 3.05) is 5.75 Å². The lowest BCUT2D eigenvalue weighted by atomic mass is 10.2. The van der Waals surface area contributed by atoms with Crippen molar-refractivity contribution in [3.8, 4) is 0 Å². The van der Waals surface area contributed by atoms with Crippen molar-refractivity contribution in [1.29, 1.82) is 0 Å². The molecule has 0 saturated heterocycles. The van der Waals surface area contributed by atoms with Gasteiger partial charge in [-0.3, -0.25) is 14.2 Å². The van der Waals surface area contributed by atoms with Gasteiger partial charge < -0.3 is 5.32 Å². The maximum atomic E-state index is 13.5. The number of carbonyl (C=O) groups is 1. The predicted molar refractivity (Wildman–Crippen MR) is 96.0 cm³/mol. The van der Waals surface area contributed by atoms with Gasteiger partial charge in [0, 0.05) is 19.2 Å². The minimum absolute atomic E-state index is 0.0904. The number of aromatic nitrogens is 2. The summed E-state index contributed by atoms with van der Waals surface area (Å²) in [5, 5.41) is 3.67. The molecule has 0 bridgehead atoms. The van der Waals surface area contributed by atoms with E-state index in [1.165, 1.54) is 22.4 Å². The normalized spacial score (nSPS) is 10.8. The van der Waals surface area contributed by atoms with Crippen LogP contribution in [0.3, 0.4) is 0 Å². The average molecular weight is 357 g/mol. The number of hydrogen-bond acceptors (Lipinski definition) is 4. The van der Waals surface area contributed by atoms with Crippen molar-refractivity contribution in [2.45, 2.75) is 11.7 Å². The molecule has 0 spiro atoms. The Balaban J connectivity index is 1.66. The van der Waals surface area contributed by atoms with Gasteiger partial charge in [0.15, 0.2) is 5.16 Å². The number of benzene rings is 2. The number of fused-ring (bicyclic) bond motifs is 1. The Kier molecular flexibility index (Phi) is 5.14. The number of nitrogens with zero attached hydrogens (tertiary/aromatic N) is 2. The maximum absolute atomic E-state index is 13.5. The minimum Gasteiger partial charge on any atom is -0.351 e. The van der Waals surface area contributed by atoms with E-state index in [4.69, 9.17) is 0 Å². The Labute approximate surface area is 147 Å². The van der Waals surface area contributed by atoms with Gasteiger partial charge >= 0.3 is 0 Å². The van der Waals surface area contributed by atoms with Crippen molar-refractivity contribution in [1.82, 2.24) is 14.9 Å². The Morgan fingerprint density at radius 3 is 2.72 bits per heavy atom. The number of nitrogens with one attached hydrogen (secondary N) is 1. The van der Waals surface area contributed by atoms with Gasteiger partial charge in [0.05, 0.1) is 16.7 Å². The summed E-state index contributed by atoms with van der Waals surface area (Å²) >= 11 is 1.17. The van der Waals surface area contributed by atoms with Crippen LogP contribution in [0.25, 0.3) is 10.9 Å². The van der Waals surface area contributed by atoms with Crippen LogP contribution in [-0.2, 0) is 18.4 Å². The summed E-state index contributed by atoms with van der Waals surface area (Å²) in [4.78, 5) is 28.7. The highest BCUT2D eigenvalue weighted by molar-refractivity contribution is 7.99. The van der Waals surface area contributed by atoms with Gasteiger partial charge in [0.25, 0.3) is 5.56 Å². The molecule has 5 nitrogen and oxygen atoms in total. The number of para-hydroxylation sites is 1. The lowest BCUT2D eigenvalue weighted by molar-refractivity contribution is -0.118. The number of hydrogen-bond donors (Lipinski definition) is 1. The van der Waals surface area contributed by atoms with Crippen molar-refractivity contribution in [3.63, 3.8) is 0 Å². The molecule has 0 saturated carbocycles. The zero-order chi connectivity index (χ0) is 17.8. The monoisotopic (exact) mass is 357 g/mol. The molecule has 0 atom stereocenters. The van der Waals surface area contributed by atoms with Crippen LogP contribution in [0.15, 0.2) is 58.5 Å². The Bertz CT molecular complexity index is 987. The van der Waals surface area contributed by atoms with E-state index in [0.29, 0.717) is 21.6 Å². The van der Waals surface area contributed by atoms with Crippen molar-refractivity contribution < 1.29 is 9.18 Å². The molecule has 1 aromatic heterocycles. The zero-order valence-electron chi connectivity index (χ0n) is 13.5. The summed E-state index contributed by atoms with van der Waals surface area (Å²) in [6.07, 6.45) is 0. The summed E-state index contributed by atoms with van der Waals surface area (Å²) in [7, 11) is 1.63. The number of rotatable bonds is 5. The minimum atomic E-state index is -0.353. The maximum Gasteiger partial charge on any atom is 0.261 e. The van der Waals surface area contributed by atoms with E-state index in [0.717, 1.165) is 0 Å². The van der Waals surface area contributed by atoms with Gasteiger partial charge in [0.1, 0.15) is 5.82 Å². The lowest BCUT2D eigenvalue weighted by Gasteiger charge is -2.09. The average Bonchev–Trinajstić information content (AvgIpc) is 2.63. The molecule has 3 rings (SSSR count). The van der Waals surface area contributed by atoms with Crippen molar-refractivity contribution >= 4 is 28.6 Å². The summed E-state index contributed by atoms with van der Waals surface area (Å²) in [5.41, 5.74) is 0.872. The molecule has 1 heterocycles. The highest BCUT2D eigenvalue weighted by Gasteiger charge is 2.11. The molecular weight excluding hydrogens is 341 g/mol. The predicted octanol–water partition coefficient (Wildman–Crippen LogP) is 2.48. The summed E-state index contributed by atoms with van der Waals surface area (Å²) < 4.78 is 15.0. The first kappa shape index (κ1) is 17.2. The molecule has 0 aliphatic rings. The van der Waals surface area contributed by atoms with Crippen LogP contribution in [0.5, 0.6) is 0 Å². The van der Waals surface area contributed by atoms with Gasteiger partial charge in [-0.15, -0.1) is 0 Å². The van der Waals surface area contributed by atoms with Gasteiger partial charge in [0.2, 0.25) is 5.91 Å². The lowest BCUT2D eigenvalue weighted by Crippen LogP contribution is -2.26. The fourth-order valence-corrected chi connectivity index (χ4v) is 3.15. The van der Waals surface area contributed by atoms with Crippen LogP contribution in [0, 0.1) is 5.82 Å². The largest absolute Gasteiger partial charge is 0.351 e. The van der Waals surface area contributed by atoms with E-state index in [1.54, 1.807) is 43.4 Å². The summed E-state index contributed by atoms with van der Waals surface area (Å²) in [6.45, 7) is 0.121. The molecular formula is C18H16FN3O2S. The SMILES string of the molecule is Cn1c(SCC(=O)NCc2ccccc2F)nc2ccccc2c1=O. The Morgan fingerprint density at radius 2 is 1.92 bits per heavy atom. The van der Waals surface area contributed by atoms with Crippen LogP contribution in [0.4, 0.5) is 4.39 Å². The van der Waals surface area contributed by atoms with E-state index < -0.39 is 0 Å². The second kappa shape index (κ2) is 7.48. The van der Waals surface area contributed by atoms with E-state index >= 15 is 0 Å². The molecule has 128 valence electrons. The van der Waals surface area contributed by atoms with Crippen molar-refractivity contribution in [3.05, 3.63) is 70.3 Å². The number of carbonyl (C=O) groups excluding carboxylic acids is 1. The zero-order valence-corrected chi connectivity index (χ0v) is 14.3. The van der Waals surface area contributed by atoms with Crippen LogP contribution >= 0.6 is 11.8 Å². The fraction of sp³-hybridized carbons (Fsp3) is 0.167. The van der Waals surface area contributed by atoms with Gasteiger partial charge in [-0.05, 0) is 18.2 Å². The highest BCUT2D eigenvalue weighted by Crippen LogP contribution is 2.16. The van der Waals surface area contributed by atoms with Crippen molar-refractivity contribution in [2.24, 2.45) is 7.05 Å². The molecule has 2 aromatic carbocycles. The molecule has 25 heavy (non-hydrogen) atoms. The van der Waals surface area contributed by atoms with Crippen LogP contribution in [0.2, 0.25) is 0 Å². The molecule has 0 unspecified atom stereocenters. The first-order valence-corrected chi connectivity index (χ1v) is 8.63. The summed E-state index contributed by atoms with van der Waals surface area (Å²) in [6, 6.07) is 13.4. The number of thioether (sulfide) groups is 1. The third-order valence-electron chi connectivity index (χ3n) is 3.71. The molecule has 0 fully saturated rings. The van der Waals surface area contributed by atoms with Crippen LogP contribution in [-0.4, -0.2) is 21.2 Å². The number of halogens is 1. The molecule has 0 aliphatic carbocycles. The second-order valence-corrected chi connectivity index (χ2v) is 6.38. The van der Waals surface area contributed by atoms with E-state index in [9.17, 15) is 14.0 Å². The molecule has 1 amide bonds. The third kappa shape index (κ3) is 3.88. The first-order chi connectivity index (χ1) is 12.1. The fourth-order valence-electron chi connectivity index (χ4n) is 2.34. The summed E-state index contributed by atoms with van der Waals surface area (Å²) in [5.74, 6) is -0.516. The van der Waals surface area contributed by atoms with Gasteiger partial charge in [-0.1, -0.05) is 42.1 Å². The van der Waals surface area contributed by atoms with E-state index in [2.05, 4.69) is 10.3 Å². The van der Waals surface area contributed by atoms with E-state index in [1.807, 2.05) is 6.07 Å². The number of amides is 1. The molecule has 1 N–H and O–H groups in total. The van der Waals surface area contributed by atoms with Gasteiger partial charge in [-0.25, -0.2) is 9.37 Å². The first-order valence-electron chi connectivity index (χ1n) is 7.65. The second-order valence-electron chi connectivity index (χ2n) is 5.43. The Hall–Kier alpha value is -2.67. The smallest absolute Gasteiger partial charge is 0.261 e. The third-order valence-corrected chi connectivity index (χ3v) is 4.74. The van der Waals surface area contributed by atoms with E-state index in [-0.39, 0.29) is 29.6 Å². The quantitative estimate of drug-likeness (QED) is 0.563. The molecule has 0 radical (unpaired) electrons. The highest BCUT2D eigenvalue weighted by atomic mass is 32.2. The standard InChI is InChI=1S/C18H16FN3O2S/c1-22-17(24)13-7-3-5-9-15(13)21-18(22)25-11-16(23)20-10-12-6-2-4-8-14(12)19/h2-9H,10-11H2,1H3,(H,20,23). The molecule has 7 heteroatoms. The molecule has 3 aromatic rings. The Morgan fingerprint density at radius 1 is 1.20 bits per heavy atom. The van der Waals surface area contributed by atoms with Crippen LogP contribution in [0.1, 0.15) is 5.56 Å². The topological polar surface area (TPSA) is 64.0 Å².